The van der Waals surface area contributed by atoms with Gasteiger partial charge in [-0.25, -0.2) is 4.98 Å². The predicted molar refractivity (Wildman–Crippen MR) is 84.7 cm³/mol. The van der Waals surface area contributed by atoms with Crippen LogP contribution in [0, 0.1) is 5.92 Å². The van der Waals surface area contributed by atoms with Gasteiger partial charge in [-0.15, -0.1) is 0 Å². The number of anilines is 1. The SMILES string of the molecule is CC(CCN)CCC(=O)Nc1ccc(-c2cnc[nH]2)cc1. The molecule has 21 heavy (non-hydrogen) atoms. The second-order valence-electron chi connectivity index (χ2n) is 5.31. The Morgan fingerprint density at radius 3 is 2.71 bits per heavy atom. The number of rotatable bonds is 7. The molecule has 0 aliphatic heterocycles. The van der Waals surface area contributed by atoms with Gasteiger partial charge in [0.05, 0.1) is 18.2 Å². The van der Waals surface area contributed by atoms with Gasteiger partial charge in [-0.3, -0.25) is 4.79 Å². The molecule has 112 valence electrons. The molecule has 0 aliphatic rings. The maximum absolute atomic E-state index is 11.9. The molecule has 4 N–H and O–H groups in total. The summed E-state index contributed by atoms with van der Waals surface area (Å²) in [5.74, 6) is 0.539. The molecular formula is C16H22N4O. The van der Waals surface area contributed by atoms with Crippen molar-refractivity contribution < 1.29 is 4.79 Å². The fourth-order valence-electron chi connectivity index (χ4n) is 2.18. The van der Waals surface area contributed by atoms with Crippen LogP contribution >= 0.6 is 0 Å². The lowest BCUT2D eigenvalue weighted by molar-refractivity contribution is -0.116. The summed E-state index contributed by atoms with van der Waals surface area (Å²) >= 11 is 0. The molecule has 5 nitrogen and oxygen atoms in total. The minimum atomic E-state index is 0.0492. The van der Waals surface area contributed by atoms with Gasteiger partial charge in [-0.1, -0.05) is 19.1 Å². The van der Waals surface area contributed by atoms with Crippen LogP contribution in [0.1, 0.15) is 26.2 Å². The van der Waals surface area contributed by atoms with Crippen molar-refractivity contribution in [3.63, 3.8) is 0 Å². The van der Waals surface area contributed by atoms with E-state index in [2.05, 4.69) is 22.2 Å². The summed E-state index contributed by atoms with van der Waals surface area (Å²) in [7, 11) is 0. The number of H-pyrrole nitrogens is 1. The molecule has 1 amide bonds. The van der Waals surface area contributed by atoms with Crippen LogP contribution in [0.2, 0.25) is 0 Å². The van der Waals surface area contributed by atoms with Gasteiger partial charge in [-0.05, 0) is 43.0 Å². The predicted octanol–water partition coefficient (Wildman–Crippen LogP) is 2.78. The minimum Gasteiger partial charge on any atom is -0.345 e. The third-order valence-corrected chi connectivity index (χ3v) is 3.50. The van der Waals surface area contributed by atoms with Crippen LogP contribution < -0.4 is 11.1 Å². The molecule has 2 rings (SSSR count). The monoisotopic (exact) mass is 286 g/mol. The first kappa shape index (κ1) is 15.3. The number of carbonyl (C=O) groups is 1. The second-order valence-corrected chi connectivity index (χ2v) is 5.31. The molecule has 1 unspecified atom stereocenters. The Labute approximate surface area is 125 Å². The number of hydrogen-bond acceptors (Lipinski definition) is 3. The van der Waals surface area contributed by atoms with E-state index < -0.39 is 0 Å². The van der Waals surface area contributed by atoms with Crippen LogP contribution in [0.5, 0.6) is 0 Å². The molecule has 1 heterocycles. The first-order valence-electron chi connectivity index (χ1n) is 7.27. The molecule has 0 spiro atoms. The Bertz CT molecular complexity index is 548. The van der Waals surface area contributed by atoms with Crippen LogP contribution in [0.15, 0.2) is 36.8 Å². The molecule has 0 aliphatic carbocycles. The van der Waals surface area contributed by atoms with E-state index >= 15 is 0 Å². The Kier molecular flexibility index (Phi) is 5.51. The first-order valence-corrected chi connectivity index (χ1v) is 7.27. The van der Waals surface area contributed by atoms with Crippen LogP contribution in [-0.4, -0.2) is 22.4 Å². The lowest BCUT2D eigenvalue weighted by Gasteiger charge is -2.10. The fourth-order valence-corrected chi connectivity index (χ4v) is 2.18. The van der Waals surface area contributed by atoms with Crippen molar-refractivity contribution in [1.82, 2.24) is 9.97 Å². The number of carbonyl (C=O) groups excluding carboxylic acids is 1. The molecule has 0 saturated heterocycles. The largest absolute Gasteiger partial charge is 0.345 e. The van der Waals surface area contributed by atoms with Crippen molar-refractivity contribution in [3.05, 3.63) is 36.8 Å². The zero-order valence-electron chi connectivity index (χ0n) is 12.3. The molecule has 1 atom stereocenters. The van der Waals surface area contributed by atoms with E-state index in [-0.39, 0.29) is 5.91 Å². The molecule has 2 aromatic rings. The van der Waals surface area contributed by atoms with Gasteiger partial charge in [0.15, 0.2) is 0 Å². The van der Waals surface area contributed by atoms with Gasteiger partial charge < -0.3 is 16.0 Å². The standard InChI is InChI=1S/C16H22N4O/c1-12(8-9-17)2-7-16(21)20-14-5-3-13(4-6-14)15-10-18-11-19-15/h3-6,10-12H,2,7-9,17H2,1H3,(H,18,19)(H,20,21). The summed E-state index contributed by atoms with van der Waals surface area (Å²) in [4.78, 5) is 18.9. The number of nitrogens with two attached hydrogens (primary N) is 1. The van der Waals surface area contributed by atoms with Crippen LogP contribution in [0.25, 0.3) is 11.3 Å². The van der Waals surface area contributed by atoms with Gasteiger partial charge in [-0.2, -0.15) is 0 Å². The average molecular weight is 286 g/mol. The van der Waals surface area contributed by atoms with Crippen molar-refractivity contribution >= 4 is 11.6 Å². The summed E-state index contributed by atoms with van der Waals surface area (Å²) in [6.45, 7) is 2.80. The maximum Gasteiger partial charge on any atom is 0.224 e. The van der Waals surface area contributed by atoms with Gasteiger partial charge in [0.25, 0.3) is 0 Å². The summed E-state index contributed by atoms with van der Waals surface area (Å²) in [6.07, 6.45) is 5.78. The molecule has 0 fully saturated rings. The highest BCUT2D eigenvalue weighted by Gasteiger charge is 2.07. The Hall–Kier alpha value is -2.14. The normalized spacial score (nSPS) is 12.1. The summed E-state index contributed by atoms with van der Waals surface area (Å²) in [5, 5.41) is 2.92. The van der Waals surface area contributed by atoms with E-state index in [9.17, 15) is 4.79 Å². The van der Waals surface area contributed by atoms with Crippen LogP contribution in [0.3, 0.4) is 0 Å². The zero-order chi connectivity index (χ0) is 15.1. The van der Waals surface area contributed by atoms with Gasteiger partial charge in [0.1, 0.15) is 0 Å². The van der Waals surface area contributed by atoms with Crippen LogP contribution in [-0.2, 0) is 4.79 Å². The van der Waals surface area contributed by atoms with Gasteiger partial charge in [0.2, 0.25) is 5.91 Å². The van der Waals surface area contributed by atoms with E-state index in [1.165, 1.54) is 0 Å². The summed E-state index contributed by atoms with van der Waals surface area (Å²) < 4.78 is 0. The third kappa shape index (κ3) is 4.72. The number of imidazole rings is 1. The minimum absolute atomic E-state index is 0.0492. The summed E-state index contributed by atoms with van der Waals surface area (Å²) in [6, 6.07) is 7.72. The molecule has 0 saturated carbocycles. The number of nitrogens with zero attached hydrogens (tertiary/aromatic N) is 1. The van der Waals surface area contributed by atoms with Crippen molar-refractivity contribution in [2.45, 2.75) is 26.2 Å². The number of aromatic nitrogens is 2. The fraction of sp³-hybridized carbons (Fsp3) is 0.375. The molecule has 0 radical (unpaired) electrons. The highest BCUT2D eigenvalue weighted by Crippen LogP contribution is 2.19. The van der Waals surface area contributed by atoms with E-state index in [0.717, 1.165) is 29.8 Å². The number of benzene rings is 1. The van der Waals surface area contributed by atoms with E-state index in [1.807, 2.05) is 24.3 Å². The Balaban J connectivity index is 1.84. The first-order chi connectivity index (χ1) is 10.2. The maximum atomic E-state index is 11.9. The Morgan fingerprint density at radius 2 is 2.10 bits per heavy atom. The quantitative estimate of drug-likeness (QED) is 0.731. The van der Waals surface area contributed by atoms with Gasteiger partial charge >= 0.3 is 0 Å². The lowest BCUT2D eigenvalue weighted by atomic mass is 10.0. The Morgan fingerprint density at radius 1 is 1.33 bits per heavy atom. The van der Waals surface area contributed by atoms with Gasteiger partial charge in [0, 0.05) is 12.1 Å². The smallest absolute Gasteiger partial charge is 0.224 e. The van der Waals surface area contributed by atoms with E-state index in [1.54, 1.807) is 12.5 Å². The molecule has 1 aromatic heterocycles. The van der Waals surface area contributed by atoms with Crippen molar-refractivity contribution in [1.29, 1.82) is 0 Å². The average Bonchev–Trinajstić information content (AvgIpc) is 3.00. The van der Waals surface area contributed by atoms with Crippen LogP contribution in [0.4, 0.5) is 5.69 Å². The van der Waals surface area contributed by atoms with Crippen molar-refractivity contribution in [2.75, 3.05) is 11.9 Å². The molecule has 5 heteroatoms. The van der Waals surface area contributed by atoms with Crippen molar-refractivity contribution in [3.8, 4) is 11.3 Å². The lowest BCUT2D eigenvalue weighted by Crippen LogP contribution is -2.14. The highest BCUT2D eigenvalue weighted by atomic mass is 16.1. The molecule has 0 bridgehead atoms. The molecule has 1 aromatic carbocycles. The zero-order valence-corrected chi connectivity index (χ0v) is 12.3. The van der Waals surface area contributed by atoms with Crippen molar-refractivity contribution in [2.24, 2.45) is 11.7 Å². The van der Waals surface area contributed by atoms with E-state index in [4.69, 9.17) is 5.73 Å². The topological polar surface area (TPSA) is 83.8 Å². The number of amides is 1. The second kappa shape index (κ2) is 7.59. The number of hydrogen-bond donors (Lipinski definition) is 3. The summed E-state index contributed by atoms with van der Waals surface area (Å²) in [5.41, 5.74) is 8.33. The van der Waals surface area contributed by atoms with E-state index in [0.29, 0.717) is 18.9 Å². The highest BCUT2D eigenvalue weighted by molar-refractivity contribution is 5.90. The number of nitrogens with one attached hydrogen (secondary N) is 2. The third-order valence-electron chi connectivity index (χ3n) is 3.50. The molecular weight excluding hydrogens is 264 g/mol. The number of aromatic amines is 1.